The average Bonchev–Trinajstić information content (AvgIpc) is 2.33. The Bertz CT molecular complexity index is 156. The zero-order valence-corrected chi connectivity index (χ0v) is 7.13. The van der Waals surface area contributed by atoms with Crippen LogP contribution in [0.3, 0.4) is 0 Å². The summed E-state index contributed by atoms with van der Waals surface area (Å²) in [6.45, 7) is 5.07. The van der Waals surface area contributed by atoms with Gasteiger partial charge in [-0.1, -0.05) is 13.8 Å². The summed E-state index contributed by atoms with van der Waals surface area (Å²) in [4.78, 5) is 10.8. The van der Waals surface area contributed by atoms with Gasteiger partial charge < -0.3 is 11.1 Å². The minimum absolute atomic E-state index is 0.0578. The molecular formula is C8H16N2O. The number of amides is 1. The molecule has 0 saturated carbocycles. The first-order chi connectivity index (χ1) is 5.11. The Morgan fingerprint density at radius 1 is 1.64 bits per heavy atom. The van der Waals surface area contributed by atoms with Gasteiger partial charge in [-0.2, -0.15) is 0 Å². The highest BCUT2D eigenvalue weighted by Gasteiger charge is 2.29. The molecule has 1 saturated heterocycles. The average molecular weight is 156 g/mol. The van der Waals surface area contributed by atoms with E-state index in [1.165, 1.54) is 0 Å². The van der Waals surface area contributed by atoms with Crippen molar-refractivity contribution in [3.63, 3.8) is 0 Å². The Labute approximate surface area is 67.3 Å². The quantitative estimate of drug-likeness (QED) is 0.596. The Morgan fingerprint density at radius 2 is 2.27 bits per heavy atom. The fourth-order valence-electron chi connectivity index (χ4n) is 1.49. The molecule has 3 nitrogen and oxygen atoms in total. The van der Waals surface area contributed by atoms with Crippen molar-refractivity contribution in [2.24, 2.45) is 17.6 Å². The smallest absolute Gasteiger partial charge is 0.221 e. The van der Waals surface area contributed by atoms with E-state index in [-0.39, 0.29) is 11.8 Å². The number of nitrogens with two attached hydrogens (primary N) is 1. The van der Waals surface area contributed by atoms with Crippen LogP contribution in [0.5, 0.6) is 0 Å². The number of hydrogen-bond acceptors (Lipinski definition) is 2. The maximum Gasteiger partial charge on any atom is 0.221 e. The number of primary amides is 1. The lowest BCUT2D eigenvalue weighted by molar-refractivity contribution is -0.121. The third-order valence-electron chi connectivity index (χ3n) is 2.37. The maximum absolute atomic E-state index is 10.8. The van der Waals surface area contributed by atoms with E-state index in [1.807, 2.05) is 0 Å². The molecule has 1 heterocycles. The second-order valence-electron chi connectivity index (χ2n) is 3.59. The highest BCUT2D eigenvalue weighted by Crippen LogP contribution is 2.18. The van der Waals surface area contributed by atoms with Crippen LogP contribution in [0.4, 0.5) is 0 Å². The fourth-order valence-corrected chi connectivity index (χ4v) is 1.49. The van der Waals surface area contributed by atoms with E-state index in [4.69, 9.17) is 5.73 Å². The Balaban J connectivity index is 2.41. The number of rotatable bonds is 2. The van der Waals surface area contributed by atoms with E-state index < -0.39 is 0 Å². The lowest BCUT2D eigenvalue weighted by Crippen LogP contribution is -2.26. The van der Waals surface area contributed by atoms with Gasteiger partial charge in [0.25, 0.3) is 0 Å². The van der Waals surface area contributed by atoms with Gasteiger partial charge in [0, 0.05) is 12.6 Å². The zero-order chi connectivity index (χ0) is 8.43. The second kappa shape index (κ2) is 3.22. The fraction of sp³-hybridized carbons (Fsp3) is 0.875. The van der Waals surface area contributed by atoms with Crippen molar-refractivity contribution in [3.8, 4) is 0 Å². The largest absolute Gasteiger partial charge is 0.369 e. The van der Waals surface area contributed by atoms with Gasteiger partial charge in [0.2, 0.25) is 5.91 Å². The highest BCUT2D eigenvalue weighted by atomic mass is 16.1. The normalized spacial score (nSPS) is 31.2. The summed E-state index contributed by atoms with van der Waals surface area (Å²) in [6.07, 6.45) is 0.910. The van der Waals surface area contributed by atoms with E-state index in [0.29, 0.717) is 12.0 Å². The van der Waals surface area contributed by atoms with Crippen LogP contribution in [-0.2, 0) is 4.79 Å². The zero-order valence-electron chi connectivity index (χ0n) is 7.13. The molecule has 0 aromatic heterocycles. The maximum atomic E-state index is 10.8. The molecule has 1 rings (SSSR count). The number of carbonyl (C=O) groups is 1. The van der Waals surface area contributed by atoms with Crippen molar-refractivity contribution >= 4 is 5.91 Å². The minimum Gasteiger partial charge on any atom is -0.369 e. The van der Waals surface area contributed by atoms with E-state index in [0.717, 1.165) is 13.0 Å². The second-order valence-corrected chi connectivity index (χ2v) is 3.59. The minimum atomic E-state index is -0.166. The Hall–Kier alpha value is -0.570. The van der Waals surface area contributed by atoms with E-state index >= 15 is 0 Å². The monoisotopic (exact) mass is 156 g/mol. The molecule has 2 atom stereocenters. The molecule has 0 aromatic carbocycles. The SMILES string of the molecule is CC(C)[C@@H]1C[C@H](C(N)=O)CN1. The van der Waals surface area contributed by atoms with Crippen molar-refractivity contribution in [2.45, 2.75) is 26.3 Å². The molecule has 0 aromatic rings. The van der Waals surface area contributed by atoms with Crippen LogP contribution in [0.25, 0.3) is 0 Å². The van der Waals surface area contributed by atoms with E-state index in [2.05, 4.69) is 19.2 Å². The van der Waals surface area contributed by atoms with Gasteiger partial charge in [0.15, 0.2) is 0 Å². The van der Waals surface area contributed by atoms with Gasteiger partial charge in [-0.05, 0) is 12.3 Å². The number of hydrogen-bond donors (Lipinski definition) is 2. The van der Waals surface area contributed by atoms with Crippen LogP contribution in [-0.4, -0.2) is 18.5 Å². The number of nitrogens with one attached hydrogen (secondary N) is 1. The predicted molar refractivity (Wildman–Crippen MR) is 43.9 cm³/mol. The molecule has 0 bridgehead atoms. The first kappa shape index (κ1) is 8.53. The van der Waals surface area contributed by atoms with Gasteiger partial charge in [-0.25, -0.2) is 0 Å². The van der Waals surface area contributed by atoms with Crippen molar-refractivity contribution in [1.82, 2.24) is 5.32 Å². The Morgan fingerprint density at radius 3 is 2.55 bits per heavy atom. The lowest BCUT2D eigenvalue weighted by Gasteiger charge is -2.13. The summed E-state index contributed by atoms with van der Waals surface area (Å²) in [6, 6.07) is 0.479. The molecule has 3 N–H and O–H groups in total. The lowest BCUT2D eigenvalue weighted by atomic mass is 9.98. The van der Waals surface area contributed by atoms with Crippen LogP contribution in [0, 0.1) is 11.8 Å². The summed E-state index contributed by atoms with van der Waals surface area (Å²) in [5.41, 5.74) is 5.18. The van der Waals surface area contributed by atoms with E-state index in [9.17, 15) is 4.79 Å². The Kier molecular flexibility index (Phi) is 2.49. The van der Waals surface area contributed by atoms with Crippen LogP contribution in [0.15, 0.2) is 0 Å². The molecule has 0 spiro atoms. The molecule has 0 aliphatic carbocycles. The molecule has 0 radical (unpaired) electrons. The third-order valence-corrected chi connectivity index (χ3v) is 2.37. The van der Waals surface area contributed by atoms with Gasteiger partial charge in [0.1, 0.15) is 0 Å². The highest BCUT2D eigenvalue weighted by molar-refractivity contribution is 5.77. The molecule has 1 fully saturated rings. The molecule has 1 aliphatic heterocycles. The van der Waals surface area contributed by atoms with Crippen LogP contribution < -0.4 is 11.1 Å². The summed E-state index contributed by atoms with van der Waals surface area (Å²) in [5.74, 6) is 0.488. The standard InChI is InChI=1S/C8H16N2O/c1-5(2)7-3-6(4-10-7)8(9)11/h5-7,10H,3-4H2,1-2H3,(H2,9,11)/t6-,7-/m0/s1. The molecule has 1 amide bonds. The van der Waals surface area contributed by atoms with Crippen LogP contribution in [0.2, 0.25) is 0 Å². The molecular weight excluding hydrogens is 140 g/mol. The van der Waals surface area contributed by atoms with Gasteiger partial charge in [-0.3, -0.25) is 4.79 Å². The topological polar surface area (TPSA) is 55.1 Å². The van der Waals surface area contributed by atoms with Crippen molar-refractivity contribution in [2.75, 3.05) is 6.54 Å². The van der Waals surface area contributed by atoms with Gasteiger partial charge in [-0.15, -0.1) is 0 Å². The van der Waals surface area contributed by atoms with Crippen LogP contribution >= 0.6 is 0 Å². The van der Waals surface area contributed by atoms with Crippen molar-refractivity contribution in [3.05, 3.63) is 0 Å². The van der Waals surface area contributed by atoms with Crippen molar-refractivity contribution < 1.29 is 4.79 Å². The summed E-state index contributed by atoms with van der Waals surface area (Å²) in [7, 11) is 0. The first-order valence-electron chi connectivity index (χ1n) is 4.14. The van der Waals surface area contributed by atoms with Crippen molar-refractivity contribution in [1.29, 1.82) is 0 Å². The summed E-state index contributed by atoms with van der Waals surface area (Å²) in [5, 5.41) is 3.29. The predicted octanol–water partition coefficient (Wildman–Crippen LogP) is 0.106. The number of carbonyl (C=O) groups excluding carboxylic acids is 1. The van der Waals surface area contributed by atoms with Crippen LogP contribution in [0.1, 0.15) is 20.3 Å². The van der Waals surface area contributed by atoms with Gasteiger partial charge >= 0.3 is 0 Å². The van der Waals surface area contributed by atoms with E-state index in [1.54, 1.807) is 0 Å². The molecule has 3 heteroatoms. The molecule has 64 valence electrons. The molecule has 0 unspecified atom stereocenters. The summed E-state index contributed by atoms with van der Waals surface area (Å²) < 4.78 is 0. The molecule has 1 aliphatic rings. The first-order valence-corrected chi connectivity index (χ1v) is 4.14. The van der Waals surface area contributed by atoms with Gasteiger partial charge in [0.05, 0.1) is 5.92 Å². The summed E-state index contributed by atoms with van der Waals surface area (Å²) >= 11 is 0. The molecule has 11 heavy (non-hydrogen) atoms. The third kappa shape index (κ3) is 1.93.